The van der Waals surface area contributed by atoms with Crippen LogP contribution in [-0.2, 0) is 6.61 Å². The minimum Gasteiger partial charge on any atom is -0.487 e. The summed E-state index contributed by atoms with van der Waals surface area (Å²) in [4.78, 5) is 21.2. The fourth-order valence-corrected chi connectivity index (χ4v) is 3.18. The summed E-state index contributed by atoms with van der Waals surface area (Å²) in [5, 5.41) is 2.97. The Morgan fingerprint density at radius 3 is 2.96 bits per heavy atom. The number of hydrogen-bond donors (Lipinski definition) is 1. The number of carbonyl (C=O) groups excluding carboxylic acids is 1. The number of para-hydroxylation sites is 2. The van der Waals surface area contributed by atoms with Crippen molar-refractivity contribution in [2.24, 2.45) is 0 Å². The Labute approximate surface area is 154 Å². The lowest BCUT2D eigenvalue weighted by molar-refractivity contribution is 0.101. The maximum absolute atomic E-state index is 12.6. The fraction of sp³-hybridized carbons (Fsp3) is 0.105. The van der Waals surface area contributed by atoms with E-state index >= 15 is 0 Å². The zero-order valence-corrected chi connectivity index (χ0v) is 14.9. The Hall–Kier alpha value is -3.19. The maximum Gasteiger partial charge on any atom is 0.270 e. The molecule has 6 nitrogen and oxygen atoms in total. The second-order valence-corrected chi connectivity index (χ2v) is 6.78. The molecule has 0 aliphatic heterocycles. The lowest BCUT2D eigenvalue weighted by Gasteiger charge is -2.09. The fourth-order valence-electron chi connectivity index (χ4n) is 2.58. The molecule has 0 fully saturated rings. The number of thiazole rings is 1. The molecule has 130 valence electrons. The van der Waals surface area contributed by atoms with Crippen LogP contribution in [0.15, 0.2) is 60.2 Å². The van der Waals surface area contributed by atoms with Crippen molar-refractivity contribution in [3.05, 3.63) is 76.5 Å². The van der Waals surface area contributed by atoms with Crippen LogP contribution < -0.4 is 10.2 Å². The highest BCUT2D eigenvalue weighted by molar-refractivity contribution is 7.09. The van der Waals surface area contributed by atoms with Gasteiger partial charge in [0.15, 0.2) is 0 Å². The molecule has 0 atom stereocenters. The largest absolute Gasteiger partial charge is 0.487 e. The number of fused-ring (bicyclic) bond motifs is 1. The van der Waals surface area contributed by atoms with Gasteiger partial charge in [-0.05, 0) is 37.3 Å². The van der Waals surface area contributed by atoms with E-state index in [1.165, 1.54) is 0 Å². The average molecular weight is 364 g/mol. The van der Waals surface area contributed by atoms with Crippen LogP contribution in [0.4, 0.5) is 0 Å². The first-order chi connectivity index (χ1) is 12.7. The first-order valence-electron chi connectivity index (χ1n) is 8.06. The summed E-state index contributed by atoms with van der Waals surface area (Å²) in [5.74, 6) is 0.391. The van der Waals surface area contributed by atoms with Crippen molar-refractivity contribution in [1.29, 1.82) is 0 Å². The molecule has 0 aliphatic rings. The third kappa shape index (κ3) is 3.43. The minimum atomic E-state index is -0.233. The van der Waals surface area contributed by atoms with Gasteiger partial charge < -0.3 is 4.74 Å². The Balaban J connectivity index is 1.47. The van der Waals surface area contributed by atoms with Crippen LogP contribution in [-0.4, -0.2) is 20.6 Å². The van der Waals surface area contributed by atoms with E-state index in [0.29, 0.717) is 17.9 Å². The maximum atomic E-state index is 12.6. The molecule has 2 heterocycles. The van der Waals surface area contributed by atoms with Crippen LogP contribution in [0.25, 0.3) is 11.0 Å². The smallest absolute Gasteiger partial charge is 0.270 e. The number of benzene rings is 2. The Bertz CT molecular complexity index is 1070. The van der Waals surface area contributed by atoms with Crippen molar-refractivity contribution < 1.29 is 9.53 Å². The summed E-state index contributed by atoms with van der Waals surface area (Å²) in [6.07, 6.45) is 1.59. The van der Waals surface area contributed by atoms with E-state index in [4.69, 9.17) is 4.74 Å². The Morgan fingerprint density at radius 1 is 1.23 bits per heavy atom. The van der Waals surface area contributed by atoms with Crippen molar-refractivity contribution in [3.8, 4) is 5.75 Å². The second-order valence-electron chi connectivity index (χ2n) is 5.72. The highest BCUT2D eigenvalue weighted by atomic mass is 32.1. The monoisotopic (exact) mass is 364 g/mol. The van der Waals surface area contributed by atoms with Gasteiger partial charge in [-0.15, -0.1) is 11.3 Å². The number of amides is 1. The number of nitrogens with zero attached hydrogens (tertiary/aromatic N) is 3. The van der Waals surface area contributed by atoms with Crippen molar-refractivity contribution in [2.45, 2.75) is 13.5 Å². The molecule has 1 N–H and O–H groups in total. The summed E-state index contributed by atoms with van der Waals surface area (Å²) in [6.45, 7) is 2.33. The predicted octanol–water partition coefficient (Wildman–Crippen LogP) is 3.76. The molecule has 0 saturated heterocycles. The quantitative estimate of drug-likeness (QED) is 0.585. The van der Waals surface area contributed by atoms with Crippen molar-refractivity contribution in [2.75, 3.05) is 5.43 Å². The van der Waals surface area contributed by atoms with Crippen LogP contribution >= 0.6 is 11.3 Å². The average Bonchev–Trinajstić information content (AvgIpc) is 3.27. The predicted molar refractivity (Wildman–Crippen MR) is 101 cm³/mol. The Morgan fingerprint density at radius 2 is 2.12 bits per heavy atom. The highest BCUT2D eigenvalue weighted by Crippen LogP contribution is 2.17. The number of nitrogens with one attached hydrogen (secondary N) is 1. The van der Waals surface area contributed by atoms with Gasteiger partial charge in [0.25, 0.3) is 5.91 Å². The molecule has 26 heavy (non-hydrogen) atoms. The molecular weight excluding hydrogens is 348 g/mol. The highest BCUT2D eigenvalue weighted by Gasteiger charge is 2.10. The molecule has 7 heteroatoms. The number of aryl methyl sites for hydroxylation is 1. The number of ether oxygens (including phenoxy) is 1. The van der Waals surface area contributed by atoms with Crippen LogP contribution in [0, 0.1) is 6.92 Å². The van der Waals surface area contributed by atoms with E-state index in [1.807, 2.05) is 42.6 Å². The first-order valence-corrected chi connectivity index (χ1v) is 8.94. The van der Waals surface area contributed by atoms with Gasteiger partial charge in [-0.3, -0.25) is 10.2 Å². The summed E-state index contributed by atoms with van der Waals surface area (Å²) in [6, 6.07) is 14.7. The molecule has 0 bridgehead atoms. The van der Waals surface area contributed by atoms with Crippen LogP contribution in [0.1, 0.15) is 21.1 Å². The molecular formula is C19H16N4O2S. The number of rotatable bonds is 5. The molecule has 2 aromatic heterocycles. The number of carbonyl (C=O) groups is 1. The van der Waals surface area contributed by atoms with Gasteiger partial charge in [-0.1, -0.05) is 18.2 Å². The lowest BCUT2D eigenvalue weighted by Crippen LogP contribution is -2.22. The van der Waals surface area contributed by atoms with Crippen molar-refractivity contribution >= 4 is 28.3 Å². The summed E-state index contributed by atoms with van der Waals surface area (Å²) >= 11 is 1.59. The molecule has 2 aromatic carbocycles. The van der Waals surface area contributed by atoms with E-state index in [0.717, 1.165) is 21.7 Å². The normalized spacial score (nSPS) is 10.8. The van der Waals surface area contributed by atoms with Crippen LogP contribution in [0.2, 0.25) is 0 Å². The van der Waals surface area contributed by atoms with Crippen LogP contribution in [0.5, 0.6) is 5.75 Å². The third-order valence-electron chi connectivity index (χ3n) is 3.83. The molecule has 0 spiro atoms. The van der Waals surface area contributed by atoms with E-state index in [2.05, 4.69) is 15.4 Å². The van der Waals surface area contributed by atoms with Gasteiger partial charge in [0.05, 0.1) is 21.7 Å². The molecule has 0 unspecified atom stereocenters. The molecule has 4 rings (SSSR count). The molecule has 0 aliphatic carbocycles. The number of imidazole rings is 1. The van der Waals surface area contributed by atoms with E-state index < -0.39 is 0 Å². The van der Waals surface area contributed by atoms with Gasteiger partial charge in [0.2, 0.25) is 0 Å². The lowest BCUT2D eigenvalue weighted by atomic mass is 10.2. The zero-order valence-electron chi connectivity index (χ0n) is 14.0. The minimum absolute atomic E-state index is 0.233. The van der Waals surface area contributed by atoms with Gasteiger partial charge in [0, 0.05) is 10.9 Å². The van der Waals surface area contributed by atoms with Crippen molar-refractivity contribution in [1.82, 2.24) is 14.6 Å². The molecule has 0 radical (unpaired) electrons. The summed E-state index contributed by atoms with van der Waals surface area (Å²) < 4.78 is 7.36. The molecule has 0 saturated carbocycles. The number of hydrogen-bond acceptors (Lipinski definition) is 5. The summed E-state index contributed by atoms with van der Waals surface area (Å²) in [5.41, 5.74) is 5.89. The Kier molecular flexibility index (Phi) is 4.37. The van der Waals surface area contributed by atoms with Crippen molar-refractivity contribution in [3.63, 3.8) is 0 Å². The molecule has 1 amide bonds. The van der Waals surface area contributed by atoms with Gasteiger partial charge in [0.1, 0.15) is 18.7 Å². The number of aromatic nitrogens is 3. The SMILES string of the molecule is Cc1nc(COc2cccc(C(=O)Nn3cnc4ccccc43)c2)cs1. The zero-order chi connectivity index (χ0) is 17.9. The molecule has 4 aromatic rings. The van der Waals surface area contributed by atoms with Crippen LogP contribution in [0.3, 0.4) is 0 Å². The van der Waals surface area contributed by atoms with Gasteiger partial charge >= 0.3 is 0 Å². The van der Waals surface area contributed by atoms with Gasteiger partial charge in [-0.25, -0.2) is 14.6 Å². The summed E-state index contributed by atoms with van der Waals surface area (Å²) in [7, 11) is 0. The third-order valence-corrected chi connectivity index (χ3v) is 4.65. The van der Waals surface area contributed by atoms with E-state index in [1.54, 1.807) is 40.5 Å². The van der Waals surface area contributed by atoms with E-state index in [-0.39, 0.29) is 5.91 Å². The standard InChI is InChI=1S/C19H16N4O2S/c1-13-21-15(11-26-13)10-25-16-6-4-5-14(9-16)19(24)22-23-12-20-17-7-2-3-8-18(17)23/h2-9,11-12H,10H2,1H3,(H,22,24). The first kappa shape index (κ1) is 16.3. The van der Waals surface area contributed by atoms with Gasteiger partial charge in [-0.2, -0.15) is 0 Å². The second kappa shape index (κ2) is 6.97. The van der Waals surface area contributed by atoms with E-state index in [9.17, 15) is 4.79 Å². The topological polar surface area (TPSA) is 69.0 Å².